The van der Waals surface area contributed by atoms with Crippen molar-refractivity contribution in [3.63, 3.8) is 0 Å². The molecule has 64 heavy (non-hydrogen) atoms. The quantitative estimate of drug-likeness (QED) is 0.0891. The van der Waals surface area contributed by atoms with Crippen LogP contribution in [0.4, 0.5) is 20.5 Å². The lowest BCUT2D eigenvalue weighted by Crippen LogP contribution is -2.46. The molecule has 2 aromatic carbocycles. The first-order chi connectivity index (χ1) is 30.8. The van der Waals surface area contributed by atoms with Crippen molar-refractivity contribution in [2.45, 2.75) is 51.9 Å². The molecule has 0 aliphatic carbocycles. The zero-order valence-electron chi connectivity index (χ0n) is 35.7. The standard InChI is InChI=1S/C22H28N6O4S2.C14H14N4O4S2.C4H9NO/c1-13(19(29)27-3-7-31-8-4-27)23-21-25-15-11-16-18(12-17(15)33-21)34-22(26-16)24-14(2)20(30)28-5-9-32-10-6-28;1-5(11(19)20)15-13-17-7-3-8-10(4-9(7)23-13)24-14(18-8)16-6(2)12(21)22;1-3-6-4-2-5-1/h11-14H,3-10H2,1-2H3,(H,23,25)(H,24,26);3-6H,1-2H3,(H,15,17)(H,16,18)(H,19,20)(H,21,22);5H,1-4H2. The minimum absolute atomic E-state index is 0.0571. The second kappa shape index (κ2) is 21.7. The van der Waals surface area contributed by atoms with E-state index in [9.17, 15) is 19.2 Å². The lowest BCUT2D eigenvalue weighted by atomic mass is 10.2. The van der Waals surface area contributed by atoms with Crippen molar-refractivity contribution in [1.82, 2.24) is 35.1 Å². The van der Waals surface area contributed by atoms with Crippen LogP contribution in [0.1, 0.15) is 27.7 Å². The second-order valence-corrected chi connectivity index (χ2v) is 19.2. The Bertz CT molecular complexity index is 2290. The van der Waals surface area contributed by atoms with E-state index in [0.717, 1.165) is 67.2 Å². The number of hydrogen-bond donors (Lipinski definition) is 7. The number of amides is 2. The Kier molecular flexibility index (Phi) is 15.9. The molecule has 3 aliphatic heterocycles. The summed E-state index contributed by atoms with van der Waals surface area (Å²) in [4.78, 5) is 68.9. The number of aromatic nitrogens is 4. The van der Waals surface area contributed by atoms with E-state index in [1.165, 1.54) is 45.3 Å². The van der Waals surface area contributed by atoms with E-state index >= 15 is 0 Å². The number of nitrogens with one attached hydrogen (secondary N) is 5. The monoisotopic (exact) mass is 957 g/mol. The molecule has 2 amide bonds. The van der Waals surface area contributed by atoms with E-state index < -0.39 is 24.0 Å². The van der Waals surface area contributed by atoms with Crippen LogP contribution < -0.4 is 26.6 Å². The predicted octanol–water partition coefficient (Wildman–Crippen LogP) is 4.51. The average molecular weight is 958 g/mol. The van der Waals surface area contributed by atoms with Crippen LogP contribution in [-0.2, 0) is 33.4 Å². The Hall–Kier alpha value is -5.08. The highest BCUT2D eigenvalue weighted by Crippen LogP contribution is 2.36. The number of rotatable bonds is 12. The maximum atomic E-state index is 12.7. The number of fused-ring (bicyclic) bond motifs is 4. The summed E-state index contributed by atoms with van der Waals surface area (Å²) >= 11 is 5.77. The summed E-state index contributed by atoms with van der Waals surface area (Å²) in [5.41, 5.74) is 3.10. The number of morpholine rings is 3. The Morgan fingerprint density at radius 3 is 1.08 bits per heavy atom. The van der Waals surface area contributed by atoms with Crippen LogP contribution in [-0.4, -0.2) is 167 Å². The Morgan fingerprint density at radius 1 is 0.516 bits per heavy atom. The summed E-state index contributed by atoms with van der Waals surface area (Å²) in [7, 11) is 0. The number of carbonyl (C=O) groups is 4. The third-order valence-electron chi connectivity index (χ3n) is 10.1. The number of thiazole rings is 4. The highest BCUT2D eigenvalue weighted by Gasteiger charge is 2.25. The minimum Gasteiger partial charge on any atom is -0.480 e. The number of nitrogens with zero attached hydrogens (tertiary/aromatic N) is 6. The number of carboxylic acid groups (broad SMARTS) is 2. The summed E-state index contributed by atoms with van der Waals surface area (Å²) in [6.07, 6.45) is 0. The molecule has 3 aliphatic rings. The van der Waals surface area contributed by atoms with Gasteiger partial charge in [0.1, 0.15) is 24.2 Å². The van der Waals surface area contributed by atoms with E-state index in [4.69, 9.17) is 24.4 Å². The van der Waals surface area contributed by atoms with Gasteiger partial charge in [-0.25, -0.2) is 19.9 Å². The fourth-order valence-corrected chi connectivity index (χ4v) is 10.6. The maximum Gasteiger partial charge on any atom is 0.325 e. The third-order valence-corrected chi connectivity index (χ3v) is 13.9. The van der Waals surface area contributed by atoms with Crippen LogP contribution in [0.15, 0.2) is 24.3 Å². The van der Waals surface area contributed by atoms with E-state index in [1.807, 2.05) is 41.8 Å². The van der Waals surface area contributed by atoms with Gasteiger partial charge in [0.15, 0.2) is 20.5 Å². The molecule has 24 heteroatoms. The first kappa shape index (κ1) is 46.9. The first-order valence-corrected chi connectivity index (χ1v) is 24.0. The van der Waals surface area contributed by atoms with Crippen LogP contribution in [0.2, 0.25) is 0 Å². The smallest absolute Gasteiger partial charge is 0.325 e. The van der Waals surface area contributed by atoms with Gasteiger partial charge in [0.05, 0.1) is 80.5 Å². The number of carboxylic acids is 2. The van der Waals surface area contributed by atoms with Crippen LogP contribution in [0, 0.1) is 0 Å². The lowest BCUT2D eigenvalue weighted by molar-refractivity contribution is -0.138. The van der Waals surface area contributed by atoms with Gasteiger partial charge < -0.3 is 60.8 Å². The van der Waals surface area contributed by atoms with Gasteiger partial charge in [-0.3, -0.25) is 19.2 Å². The normalized spacial score (nSPS) is 17.4. The molecule has 3 fully saturated rings. The second-order valence-electron chi connectivity index (χ2n) is 15.0. The van der Waals surface area contributed by atoms with Crippen molar-refractivity contribution < 1.29 is 43.6 Å². The summed E-state index contributed by atoms with van der Waals surface area (Å²) in [5.74, 6) is -1.77. The van der Waals surface area contributed by atoms with Crippen molar-refractivity contribution in [1.29, 1.82) is 0 Å². The molecule has 4 aromatic heterocycles. The van der Waals surface area contributed by atoms with Crippen molar-refractivity contribution >= 4 is 130 Å². The molecule has 4 atom stereocenters. The molecule has 9 rings (SSSR count). The zero-order chi connectivity index (χ0) is 45.3. The summed E-state index contributed by atoms with van der Waals surface area (Å²) in [6.45, 7) is 15.5. The molecule has 7 N–H and O–H groups in total. The van der Waals surface area contributed by atoms with E-state index in [1.54, 1.807) is 13.8 Å². The fraction of sp³-hybridized carbons (Fsp3) is 0.500. The van der Waals surface area contributed by atoms with Gasteiger partial charge in [0.2, 0.25) is 11.8 Å². The average Bonchev–Trinajstić information content (AvgIpc) is 4.09. The SMILES string of the molecule is C1COCCN1.CC(Nc1nc2cc3nc(NC(C)C(=O)N4CCOCC4)sc3cc2s1)C(=O)N1CCOCC1.CC(Nc1nc2cc3nc(NC(C)C(=O)O)sc3cc2s1)C(=O)O. The first-order valence-electron chi connectivity index (χ1n) is 20.8. The topological polar surface area (TPSA) is 255 Å². The number of aliphatic carboxylic acids is 2. The molecule has 0 spiro atoms. The van der Waals surface area contributed by atoms with Gasteiger partial charge in [-0.1, -0.05) is 45.3 Å². The maximum absolute atomic E-state index is 12.7. The third kappa shape index (κ3) is 12.2. The lowest BCUT2D eigenvalue weighted by Gasteiger charge is -2.29. The number of carbonyl (C=O) groups excluding carboxylic acids is 2. The van der Waals surface area contributed by atoms with Crippen LogP contribution in [0.25, 0.3) is 40.9 Å². The van der Waals surface area contributed by atoms with Crippen molar-refractivity contribution in [2.75, 3.05) is 100 Å². The summed E-state index contributed by atoms with van der Waals surface area (Å²) in [5, 5.41) is 35.7. The van der Waals surface area contributed by atoms with E-state index in [2.05, 4.69) is 52.6 Å². The van der Waals surface area contributed by atoms with E-state index in [-0.39, 0.29) is 23.9 Å². The van der Waals surface area contributed by atoms with Crippen LogP contribution >= 0.6 is 45.3 Å². The largest absolute Gasteiger partial charge is 0.480 e. The van der Waals surface area contributed by atoms with Crippen LogP contribution in [0.3, 0.4) is 0 Å². The number of hydrogen-bond acceptors (Lipinski definition) is 20. The highest BCUT2D eigenvalue weighted by atomic mass is 32.1. The molecule has 0 radical (unpaired) electrons. The summed E-state index contributed by atoms with van der Waals surface area (Å²) in [6, 6.07) is 5.59. The van der Waals surface area contributed by atoms with Gasteiger partial charge in [0, 0.05) is 39.3 Å². The molecule has 7 heterocycles. The highest BCUT2D eigenvalue weighted by molar-refractivity contribution is 7.25. The van der Waals surface area contributed by atoms with Gasteiger partial charge >= 0.3 is 11.9 Å². The van der Waals surface area contributed by atoms with Gasteiger partial charge in [-0.2, -0.15) is 0 Å². The van der Waals surface area contributed by atoms with Crippen molar-refractivity contribution in [2.24, 2.45) is 0 Å². The van der Waals surface area contributed by atoms with E-state index in [0.29, 0.717) is 73.1 Å². The van der Waals surface area contributed by atoms with Gasteiger partial charge in [-0.15, -0.1) is 0 Å². The molecular formula is C40H51N11O9S4. The number of anilines is 4. The van der Waals surface area contributed by atoms with Crippen molar-refractivity contribution in [3.05, 3.63) is 24.3 Å². The fourth-order valence-electron chi connectivity index (χ4n) is 6.57. The number of ether oxygens (including phenoxy) is 3. The molecule has 4 unspecified atom stereocenters. The molecule has 0 bridgehead atoms. The van der Waals surface area contributed by atoms with Gasteiger partial charge in [0.25, 0.3) is 0 Å². The zero-order valence-corrected chi connectivity index (χ0v) is 38.9. The Balaban J connectivity index is 0.000000177. The molecule has 6 aromatic rings. The molecule has 3 saturated heterocycles. The Labute approximate surface area is 383 Å². The minimum atomic E-state index is -0.944. The summed E-state index contributed by atoms with van der Waals surface area (Å²) < 4.78 is 19.5. The van der Waals surface area contributed by atoms with Crippen LogP contribution in [0.5, 0.6) is 0 Å². The Morgan fingerprint density at radius 2 is 0.812 bits per heavy atom. The molecule has 0 saturated carbocycles. The molecule has 20 nitrogen and oxygen atoms in total. The predicted molar refractivity (Wildman–Crippen MR) is 252 cm³/mol. The number of benzene rings is 2. The molecule has 344 valence electrons. The van der Waals surface area contributed by atoms with Gasteiger partial charge in [-0.05, 0) is 52.0 Å². The molecular weight excluding hydrogens is 907 g/mol. The van der Waals surface area contributed by atoms with Crippen molar-refractivity contribution in [3.8, 4) is 0 Å².